The first-order chi connectivity index (χ1) is 14.4. The van der Waals surface area contributed by atoms with Crippen LogP contribution in [0.5, 0.6) is 0 Å². The number of nitrogens with zero attached hydrogens (tertiary/aromatic N) is 3. The molecule has 0 bridgehead atoms. The van der Waals surface area contributed by atoms with Gasteiger partial charge in [0, 0.05) is 17.1 Å². The Balaban J connectivity index is 1.70. The van der Waals surface area contributed by atoms with Crippen LogP contribution in [-0.2, 0) is 16.9 Å². The summed E-state index contributed by atoms with van der Waals surface area (Å²) in [4.78, 5) is 44.7. The summed E-state index contributed by atoms with van der Waals surface area (Å²) in [5.74, 6) is -0.834. The zero-order valence-electron chi connectivity index (χ0n) is 16.6. The Kier molecular flexibility index (Phi) is 5.15. The predicted molar refractivity (Wildman–Crippen MR) is 111 cm³/mol. The van der Waals surface area contributed by atoms with Crippen molar-refractivity contribution < 1.29 is 14.0 Å². The Bertz CT molecular complexity index is 1190. The van der Waals surface area contributed by atoms with E-state index in [2.05, 4.69) is 10.3 Å². The number of nitrogens with one attached hydrogen (secondary N) is 1. The number of halogens is 1. The van der Waals surface area contributed by atoms with E-state index < -0.39 is 23.3 Å². The highest BCUT2D eigenvalue weighted by Crippen LogP contribution is 2.35. The van der Waals surface area contributed by atoms with Gasteiger partial charge in [-0.3, -0.25) is 18.9 Å². The number of urea groups is 1. The molecule has 0 radical (unpaired) electrons. The molecule has 1 aliphatic heterocycles. The number of imide groups is 1. The van der Waals surface area contributed by atoms with Crippen LogP contribution in [0.4, 0.5) is 9.18 Å². The molecule has 0 saturated carbocycles. The van der Waals surface area contributed by atoms with E-state index in [0.717, 1.165) is 17.0 Å². The van der Waals surface area contributed by atoms with Crippen molar-refractivity contribution in [2.24, 2.45) is 0 Å². The molecule has 30 heavy (non-hydrogen) atoms. The number of amides is 3. The lowest BCUT2D eigenvalue weighted by molar-refractivity contribution is -0.132. The van der Waals surface area contributed by atoms with Crippen molar-refractivity contribution in [3.63, 3.8) is 0 Å². The van der Waals surface area contributed by atoms with Gasteiger partial charge in [0.25, 0.3) is 11.5 Å². The Morgan fingerprint density at radius 1 is 1.20 bits per heavy atom. The predicted octanol–water partition coefficient (Wildman–Crippen LogP) is 3.34. The maximum atomic E-state index is 13.4. The first-order valence-electron chi connectivity index (χ1n) is 9.72. The lowest BCUT2D eigenvalue weighted by atomic mass is 9.84. The van der Waals surface area contributed by atoms with Gasteiger partial charge in [-0.25, -0.2) is 14.2 Å². The zero-order valence-corrected chi connectivity index (χ0v) is 17.5. The second-order valence-corrected chi connectivity index (χ2v) is 8.25. The molecule has 3 aromatic rings. The highest BCUT2D eigenvalue weighted by atomic mass is 32.1. The van der Waals surface area contributed by atoms with Crippen molar-refractivity contribution in [3.8, 4) is 0 Å². The maximum Gasteiger partial charge on any atom is 0.325 e. The monoisotopic (exact) mass is 428 g/mol. The maximum absolute atomic E-state index is 13.4. The summed E-state index contributed by atoms with van der Waals surface area (Å²) >= 11 is 1.32. The number of hydrogen-bond acceptors (Lipinski definition) is 5. The van der Waals surface area contributed by atoms with Gasteiger partial charge < -0.3 is 5.32 Å². The molecule has 1 N–H and O–H groups in total. The highest BCUT2D eigenvalue weighted by molar-refractivity contribution is 7.15. The quantitative estimate of drug-likeness (QED) is 0.611. The molecular formula is C21H21FN4O3S. The third-order valence-electron chi connectivity index (χ3n) is 5.37. The Hall–Kier alpha value is -3.07. The molecule has 1 atom stereocenters. The molecule has 1 unspecified atom stereocenters. The van der Waals surface area contributed by atoms with Crippen LogP contribution in [0, 0.1) is 12.7 Å². The topological polar surface area (TPSA) is 83.8 Å². The normalized spacial score (nSPS) is 19.0. The summed E-state index contributed by atoms with van der Waals surface area (Å²) in [6.45, 7) is 3.70. The molecule has 3 heterocycles. The number of carbonyl (C=O) groups excluding carboxylic acids is 2. The van der Waals surface area contributed by atoms with E-state index in [1.165, 1.54) is 46.1 Å². The molecule has 2 aromatic heterocycles. The van der Waals surface area contributed by atoms with Gasteiger partial charge >= 0.3 is 6.03 Å². The minimum atomic E-state index is -1.25. The molecule has 156 valence electrons. The number of benzene rings is 1. The van der Waals surface area contributed by atoms with Gasteiger partial charge in [0.1, 0.15) is 11.4 Å². The summed E-state index contributed by atoms with van der Waals surface area (Å²) in [6, 6.07) is 6.40. The third-order valence-corrected chi connectivity index (χ3v) is 6.31. The van der Waals surface area contributed by atoms with E-state index in [0.29, 0.717) is 29.1 Å². The first-order valence-corrected chi connectivity index (χ1v) is 10.6. The van der Waals surface area contributed by atoms with Crippen LogP contribution < -0.4 is 10.9 Å². The fourth-order valence-electron chi connectivity index (χ4n) is 3.80. The number of unbranched alkanes of at least 4 members (excludes halogenated alkanes) is 1. The second-order valence-electron chi connectivity index (χ2n) is 7.42. The number of rotatable bonds is 6. The smallest absolute Gasteiger partial charge is 0.319 e. The summed E-state index contributed by atoms with van der Waals surface area (Å²) in [5.41, 5.74) is 0.159. The SMILES string of the molecule is CCCCC1(c2ccc(F)cc2)NC(=O)N(Cc2cc(=O)n3c(C)csc3n2)C1=O. The molecule has 1 saturated heterocycles. The minimum absolute atomic E-state index is 0.109. The van der Waals surface area contributed by atoms with Crippen LogP contribution in [0.1, 0.15) is 43.1 Å². The van der Waals surface area contributed by atoms with Gasteiger partial charge in [0.2, 0.25) is 0 Å². The van der Waals surface area contributed by atoms with Crippen molar-refractivity contribution in [2.45, 2.75) is 45.2 Å². The largest absolute Gasteiger partial charge is 0.325 e. The average Bonchev–Trinajstić information content (AvgIpc) is 3.20. The van der Waals surface area contributed by atoms with Crippen molar-refractivity contribution in [2.75, 3.05) is 0 Å². The molecule has 1 aliphatic rings. The van der Waals surface area contributed by atoms with Gasteiger partial charge in [0.15, 0.2) is 4.96 Å². The van der Waals surface area contributed by atoms with E-state index in [1.54, 1.807) is 0 Å². The van der Waals surface area contributed by atoms with Crippen LogP contribution in [0.2, 0.25) is 0 Å². The van der Waals surface area contributed by atoms with Gasteiger partial charge in [0.05, 0.1) is 12.2 Å². The summed E-state index contributed by atoms with van der Waals surface area (Å²) in [7, 11) is 0. The van der Waals surface area contributed by atoms with Gasteiger partial charge in [-0.05, 0) is 31.0 Å². The summed E-state index contributed by atoms with van der Waals surface area (Å²) in [6.07, 6.45) is 1.94. The molecule has 7 nitrogen and oxygen atoms in total. The van der Waals surface area contributed by atoms with Crippen LogP contribution in [0.15, 0.2) is 40.5 Å². The average molecular weight is 428 g/mol. The van der Waals surface area contributed by atoms with Gasteiger partial charge in [-0.2, -0.15) is 0 Å². The number of thiazole rings is 1. The fourth-order valence-corrected chi connectivity index (χ4v) is 4.69. The van der Waals surface area contributed by atoms with Crippen molar-refractivity contribution in [3.05, 3.63) is 68.8 Å². The standard InChI is InChI=1S/C21H21FN4O3S/c1-3-4-9-21(14-5-7-15(22)8-6-14)18(28)25(19(29)24-21)11-16-10-17(27)26-13(2)12-30-20(26)23-16/h5-8,10,12H,3-4,9,11H2,1-2H3,(H,24,29). The molecule has 0 aliphatic carbocycles. The highest BCUT2D eigenvalue weighted by Gasteiger charge is 2.51. The number of fused-ring (bicyclic) bond motifs is 1. The number of carbonyl (C=O) groups is 2. The number of aryl methyl sites for hydroxylation is 1. The Morgan fingerprint density at radius 3 is 2.63 bits per heavy atom. The van der Waals surface area contributed by atoms with Gasteiger partial charge in [-0.1, -0.05) is 31.9 Å². The molecule has 1 fully saturated rings. The zero-order chi connectivity index (χ0) is 21.5. The second kappa shape index (κ2) is 7.64. The Labute approximate surface area is 176 Å². The van der Waals surface area contributed by atoms with E-state index >= 15 is 0 Å². The van der Waals surface area contributed by atoms with Crippen LogP contribution >= 0.6 is 11.3 Å². The van der Waals surface area contributed by atoms with Crippen molar-refractivity contribution in [1.82, 2.24) is 19.6 Å². The molecule has 3 amide bonds. The fraction of sp³-hybridized carbons (Fsp3) is 0.333. The number of aromatic nitrogens is 2. The van der Waals surface area contributed by atoms with Gasteiger partial charge in [-0.15, -0.1) is 11.3 Å². The van der Waals surface area contributed by atoms with Crippen LogP contribution in [0.25, 0.3) is 4.96 Å². The molecule has 0 spiro atoms. The first kappa shape index (κ1) is 20.2. The van der Waals surface area contributed by atoms with E-state index in [1.807, 2.05) is 19.2 Å². The molecule has 4 rings (SSSR count). The Morgan fingerprint density at radius 2 is 1.93 bits per heavy atom. The van der Waals surface area contributed by atoms with Crippen LogP contribution in [0.3, 0.4) is 0 Å². The lowest BCUT2D eigenvalue weighted by Gasteiger charge is -2.27. The van der Waals surface area contributed by atoms with E-state index in [4.69, 9.17) is 0 Å². The third kappa shape index (κ3) is 3.28. The lowest BCUT2D eigenvalue weighted by Crippen LogP contribution is -2.44. The summed E-state index contributed by atoms with van der Waals surface area (Å²) < 4.78 is 14.9. The van der Waals surface area contributed by atoms with E-state index in [-0.39, 0.29) is 12.1 Å². The van der Waals surface area contributed by atoms with E-state index in [9.17, 15) is 18.8 Å². The minimum Gasteiger partial charge on any atom is -0.319 e. The molecule has 9 heteroatoms. The number of hydrogen-bond donors (Lipinski definition) is 1. The molecular weight excluding hydrogens is 407 g/mol. The van der Waals surface area contributed by atoms with Crippen LogP contribution in [-0.4, -0.2) is 26.2 Å². The van der Waals surface area contributed by atoms with Crippen molar-refractivity contribution >= 4 is 28.2 Å². The summed E-state index contributed by atoms with van der Waals surface area (Å²) in [5, 5.41) is 4.65. The molecule has 1 aromatic carbocycles. The van der Waals surface area contributed by atoms with Crippen molar-refractivity contribution in [1.29, 1.82) is 0 Å².